The van der Waals surface area contributed by atoms with Gasteiger partial charge in [0.25, 0.3) is 5.91 Å². The molecule has 0 bridgehead atoms. The van der Waals surface area contributed by atoms with Crippen LogP contribution in [0.15, 0.2) is 61.1 Å². The number of amides is 1. The van der Waals surface area contributed by atoms with Gasteiger partial charge in [0.2, 0.25) is 0 Å². The number of benzene rings is 2. The van der Waals surface area contributed by atoms with Gasteiger partial charge in [-0.05, 0) is 30.7 Å². The van der Waals surface area contributed by atoms with Crippen LogP contribution in [0.4, 0.5) is 5.69 Å². The van der Waals surface area contributed by atoms with Crippen molar-refractivity contribution in [2.75, 3.05) is 5.32 Å². The Morgan fingerprint density at radius 2 is 2.00 bits per heavy atom. The van der Waals surface area contributed by atoms with Gasteiger partial charge in [0.05, 0.1) is 17.2 Å². The first-order chi connectivity index (χ1) is 12.2. The number of aromatic nitrogens is 4. The largest absolute Gasteiger partial charge is 0.338 e. The fourth-order valence-corrected chi connectivity index (χ4v) is 2.60. The number of hydrogen-bond donors (Lipinski definition) is 2. The van der Waals surface area contributed by atoms with Crippen LogP contribution in [0.25, 0.3) is 22.4 Å². The van der Waals surface area contributed by atoms with E-state index in [1.165, 1.54) is 18.6 Å². The molecule has 2 aromatic heterocycles. The number of carbonyl (C=O) groups is 1. The van der Waals surface area contributed by atoms with Crippen LogP contribution in [0.1, 0.15) is 16.1 Å². The van der Waals surface area contributed by atoms with Crippen LogP contribution >= 0.6 is 0 Å². The van der Waals surface area contributed by atoms with Gasteiger partial charge in [-0.2, -0.15) is 0 Å². The number of H-pyrrole nitrogens is 1. The van der Waals surface area contributed by atoms with Crippen molar-refractivity contribution in [3.05, 3.63) is 72.3 Å². The Morgan fingerprint density at radius 3 is 2.80 bits per heavy atom. The van der Waals surface area contributed by atoms with Crippen molar-refractivity contribution in [1.82, 2.24) is 19.9 Å². The minimum absolute atomic E-state index is 0.274. The van der Waals surface area contributed by atoms with E-state index >= 15 is 0 Å². The zero-order valence-electron chi connectivity index (χ0n) is 13.5. The Labute approximate surface area is 144 Å². The molecule has 0 fully saturated rings. The summed E-state index contributed by atoms with van der Waals surface area (Å²) in [6.07, 6.45) is 4.46. The second-order valence-corrected chi connectivity index (χ2v) is 5.68. The minimum atomic E-state index is -0.294. The Morgan fingerprint density at radius 1 is 1.12 bits per heavy atom. The van der Waals surface area contributed by atoms with Crippen molar-refractivity contribution in [1.29, 1.82) is 0 Å². The van der Waals surface area contributed by atoms with Crippen molar-refractivity contribution < 1.29 is 4.79 Å². The first-order valence-corrected chi connectivity index (χ1v) is 7.84. The summed E-state index contributed by atoms with van der Waals surface area (Å²) >= 11 is 0. The summed E-state index contributed by atoms with van der Waals surface area (Å²) in [6, 6.07) is 13.7. The van der Waals surface area contributed by atoms with E-state index in [2.05, 4.69) is 25.3 Å². The third-order valence-corrected chi connectivity index (χ3v) is 3.94. The summed E-state index contributed by atoms with van der Waals surface area (Å²) in [5, 5.41) is 2.89. The highest BCUT2D eigenvalue weighted by Crippen LogP contribution is 2.25. The van der Waals surface area contributed by atoms with Crippen molar-refractivity contribution in [3.63, 3.8) is 0 Å². The average molecular weight is 329 g/mol. The van der Waals surface area contributed by atoms with Crippen LogP contribution in [0, 0.1) is 6.92 Å². The highest BCUT2D eigenvalue weighted by Gasteiger charge is 2.11. The number of para-hydroxylation sites is 2. The molecule has 0 saturated heterocycles. The van der Waals surface area contributed by atoms with Gasteiger partial charge in [-0.3, -0.25) is 9.78 Å². The van der Waals surface area contributed by atoms with E-state index in [1.54, 1.807) is 0 Å². The number of carbonyl (C=O) groups excluding carboxylic acids is 1. The first-order valence-electron chi connectivity index (χ1n) is 7.84. The molecule has 6 heteroatoms. The molecule has 2 aromatic carbocycles. The second kappa shape index (κ2) is 6.16. The molecule has 0 aliphatic carbocycles. The maximum atomic E-state index is 12.3. The van der Waals surface area contributed by atoms with Crippen LogP contribution in [-0.2, 0) is 0 Å². The quantitative estimate of drug-likeness (QED) is 0.602. The lowest BCUT2D eigenvalue weighted by molar-refractivity contribution is 0.102. The number of aryl methyl sites for hydroxylation is 1. The molecule has 122 valence electrons. The lowest BCUT2D eigenvalue weighted by Gasteiger charge is -2.09. The monoisotopic (exact) mass is 329 g/mol. The van der Waals surface area contributed by atoms with Gasteiger partial charge in [-0.25, -0.2) is 9.97 Å². The number of nitrogens with zero attached hydrogens (tertiary/aromatic N) is 3. The number of rotatable bonds is 3. The maximum absolute atomic E-state index is 12.3. The standard InChI is InChI=1S/C19H15N5O/c1-12-6-7-13(18-22-14-4-2-3-5-15(14)23-18)10-16(12)24-19(25)17-11-20-8-9-21-17/h2-11H,1H3,(H,22,23)(H,24,25). The molecule has 0 spiro atoms. The second-order valence-electron chi connectivity index (χ2n) is 5.68. The van der Waals surface area contributed by atoms with E-state index in [0.717, 1.165) is 28.0 Å². The molecule has 0 radical (unpaired) electrons. The Bertz CT molecular complexity index is 1020. The highest BCUT2D eigenvalue weighted by atomic mass is 16.1. The lowest BCUT2D eigenvalue weighted by atomic mass is 10.1. The normalized spacial score (nSPS) is 10.8. The van der Waals surface area contributed by atoms with Gasteiger partial charge in [0, 0.05) is 23.6 Å². The molecular weight excluding hydrogens is 314 g/mol. The van der Waals surface area contributed by atoms with E-state index in [0.29, 0.717) is 5.69 Å². The zero-order valence-corrected chi connectivity index (χ0v) is 13.5. The van der Waals surface area contributed by atoms with Gasteiger partial charge >= 0.3 is 0 Å². The van der Waals surface area contributed by atoms with Crippen LogP contribution in [0.3, 0.4) is 0 Å². The fourth-order valence-electron chi connectivity index (χ4n) is 2.60. The minimum Gasteiger partial charge on any atom is -0.338 e. The fraction of sp³-hybridized carbons (Fsp3) is 0.0526. The van der Waals surface area contributed by atoms with Gasteiger partial charge < -0.3 is 10.3 Å². The first kappa shape index (κ1) is 15.0. The zero-order chi connectivity index (χ0) is 17.2. The SMILES string of the molecule is Cc1ccc(-c2nc3ccccc3[nH]2)cc1NC(=O)c1cnccn1. The topological polar surface area (TPSA) is 83.6 Å². The molecule has 4 aromatic rings. The number of imidazole rings is 1. The molecule has 0 atom stereocenters. The molecule has 4 rings (SSSR count). The Hall–Kier alpha value is -3.54. The molecule has 0 aliphatic rings. The maximum Gasteiger partial charge on any atom is 0.275 e. The van der Waals surface area contributed by atoms with Gasteiger partial charge in [0.15, 0.2) is 0 Å². The molecule has 2 heterocycles. The predicted octanol–water partition coefficient (Wildman–Crippen LogP) is 3.58. The van der Waals surface area contributed by atoms with Gasteiger partial charge in [-0.15, -0.1) is 0 Å². The number of nitrogens with one attached hydrogen (secondary N) is 2. The molecule has 0 unspecified atom stereocenters. The lowest BCUT2D eigenvalue weighted by Crippen LogP contribution is -2.14. The number of anilines is 1. The summed E-state index contributed by atoms with van der Waals surface area (Å²) in [5.74, 6) is 0.467. The summed E-state index contributed by atoms with van der Waals surface area (Å²) in [4.78, 5) is 28.2. The van der Waals surface area contributed by atoms with Crippen LogP contribution in [0.2, 0.25) is 0 Å². The van der Waals surface area contributed by atoms with Crippen molar-refractivity contribution in [2.45, 2.75) is 6.92 Å². The van der Waals surface area contributed by atoms with Crippen LogP contribution in [-0.4, -0.2) is 25.8 Å². The third kappa shape index (κ3) is 2.97. The summed E-state index contributed by atoms with van der Waals surface area (Å²) in [6.45, 7) is 1.94. The van der Waals surface area contributed by atoms with E-state index in [9.17, 15) is 4.79 Å². The summed E-state index contributed by atoms with van der Waals surface area (Å²) in [5.41, 5.74) is 4.73. The highest BCUT2D eigenvalue weighted by molar-refractivity contribution is 6.03. The van der Waals surface area contributed by atoms with Crippen molar-refractivity contribution in [2.24, 2.45) is 0 Å². The molecule has 2 N–H and O–H groups in total. The van der Waals surface area contributed by atoms with E-state index in [-0.39, 0.29) is 11.6 Å². The van der Waals surface area contributed by atoms with E-state index in [1.807, 2.05) is 49.4 Å². The molecule has 1 amide bonds. The summed E-state index contributed by atoms with van der Waals surface area (Å²) in [7, 11) is 0. The van der Waals surface area contributed by atoms with E-state index in [4.69, 9.17) is 0 Å². The molecule has 0 saturated carbocycles. The number of aromatic amines is 1. The molecule has 6 nitrogen and oxygen atoms in total. The molecular formula is C19H15N5O. The van der Waals surface area contributed by atoms with Gasteiger partial charge in [-0.1, -0.05) is 24.3 Å². The Kier molecular flexibility index (Phi) is 3.70. The van der Waals surface area contributed by atoms with Crippen LogP contribution < -0.4 is 5.32 Å². The van der Waals surface area contributed by atoms with Gasteiger partial charge in [0.1, 0.15) is 11.5 Å². The van der Waals surface area contributed by atoms with Crippen LogP contribution in [0.5, 0.6) is 0 Å². The predicted molar refractivity (Wildman–Crippen MR) is 96.3 cm³/mol. The van der Waals surface area contributed by atoms with E-state index < -0.39 is 0 Å². The molecule has 25 heavy (non-hydrogen) atoms. The van der Waals surface area contributed by atoms with Crippen molar-refractivity contribution in [3.8, 4) is 11.4 Å². The third-order valence-electron chi connectivity index (χ3n) is 3.94. The summed E-state index contributed by atoms with van der Waals surface area (Å²) < 4.78 is 0. The number of fused-ring (bicyclic) bond motifs is 1. The smallest absolute Gasteiger partial charge is 0.275 e. The van der Waals surface area contributed by atoms with Crippen molar-refractivity contribution >= 4 is 22.6 Å². The molecule has 0 aliphatic heterocycles. The Balaban J connectivity index is 1.67. The average Bonchev–Trinajstić information content (AvgIpc) is 3.08. The number of hydrogen-bond acceptors (Lipinski definition) is 4.